The number of nitrogens with zero attached hydrogens (tertiary/aromatic N) is 1. The third kappa shape index (κ3) is 4.14. The maximum Gasteiger partial charge on any atom is 0.258 e. The SMILES string of the molecule is O=C(COc1ccc(Cl)cc1)NC1CC(=O)N(c2ccc3c(c2)OCCO3)C1. The zero-order chi connectivity index (χ0) is 19.5. The van der Waals surface area contributed by atoms with Gasteiger partial charge in [0.25, 0.3) is 5.91 Å². The lowest BCUT2D eigenvalue weighted by molar-refractivity contribution is -0.123. The highest BCUT2D eigenvalue weighted by molar-refractivity contribution is 6.30. The van der Waals surface area contributed by atoms with Crippen molar-refractivity contribution in [2.24, 2.45) is 0 Å². The summed E-state index contributed by atoms with van der Waals surface area (Å²) in [6, 6.07) is 11.9. The van der Waals surface area contributed by atoms with Gasteiger partial charge in [0.05, 0.1) is 6.04 Å². The Balaban J connectivity index is 1.33. The number of ether oxygens (including phenoxy) is 3. The van der Waals surface area contributed by atoms with Crippen LogP contribution in [0.5, 0.6) is 17.2 Å². The molecule has 0 radical (unpaired) electrons. The zero-order valence-corrected chi connectivity index (χ0v) is 15.8. The Morgan fingerprint density at radius 1 is 1.14 bits per heavy atom. The lowest BCUT2D eigenvalue weighted by atomic mass is 10.2. The van der Waals surface area contributed by atoms with E-state index in [1.807, 2.05) is 6.07 Å². The van der Waals surface area contributed by atoms with Gasteiger partial charge in [-0.1, -0.05) is 11.6 Å². The fraction of sp³-hybridized carbons (Fsp3) is 0.300. The molecule has 0 saturated carbocycles. The summed E-state index contributed by atoms with van der Waals surface area (Å²) in [5.74, 6) is 1.52. The number of anilines is 1. The van der Waals surface area contributed by atoms with Crippen LogP contribution in [0.15, 0.2) is 42.5 Å². The van der Waals surface area contributed by atoms with Crippen LogP contribution in [0.3, 0.4) is 0 Å². The normalized spacial score (nSPS) is 18.1. The van der Waals surface area contributed by atoms with Crippen LogP contribution in [0.25, 0.3) is 0 Å². The first-order valence-electron chi connectivity index (χ1n) is 8.96. The summed E-state index contributed by atoms with van der Waals surface area (Å²) in [7, 11) is 0. The smallest absolute Gasteiger partial charge is 0.258 e. The molecule has 2 aromatic rings. The molecule has 0 aromatic heterocycles. The van der Waals surface area contributed by atoms with Crippen LogP contribution in [0.1, 0.15) is 6.42 Å². The number of fused-ring (bicyclic) bond motifs is 1. The van der Waals surface area contributed by atoms with Crippen molar-refractivity contribution in [3.05, 3.63) is 47.5 Å². The standard InChI is InChI=1S/C20H19ClN2O5/c21-13-1-4-16(5-2-13)28-12-19(24)22-14-9-20(25)23(11-14)15-3-6-17-18(10-15)27-8-7-26-17/h1-6,10,14H,7-9,11-12H2,(H,22,24). The molecule has 28 heavy (non-hydrogen) atoms. The number of halogens is 1. The first kappa shape index (κ1) is 18.4. The van der Waals surface area contributed by atoms with E-state index in [0.717, 1.165) is 5.69 Å². The minimum atomic E-state index is -0.281. The predicted octanol–water partition coefficient (Wildman–Crippen LogP) is 2.41. The first-order valence-corrected chi connectivity index (χ1v) is 9.34. The Labute approximate surface area is 167 Å². The molecule has 1 fully saturated rings. The summed E-state index contributed by atoms with van der Waals surface area (Å²) < 4.78 is 16.5. The van der Waals surface area contributed by atoms with E-state index in [4.69, 9.17) is 25.8 Å². The molecule has 1 N–H and O–H groups in total. The molecule has 1 unspecified atom stereocenters. The van der Waals surface area contributed by atoms with Crippen LogP contribution in [-0.4, -0.2) is 44.2 Å². The fourth-order valence-corrected chi connectivity index (χ4v) is 3.33. The molecule has 1 saturated heterocycles. The highest BCUT2D eigenvalue weighted by Crippen LogP contribution is 2.35. The summed E-state index contributed by atoms with van der Waals surface area (Å²) in [5.41, 5.74) is 0.725. The number of carbonyl (C=O) groups excluding carboxylic acids is 2. The average Bonchev–Trinajstić information content (AvgIpc) is 3.07. The van der Waals surface area contributed by atoms with E-state index < -0.39 is 0 Å². The van der Waals surface area contributed by atoms with Gasteiger partial charge in [0.15, 0.2) is 18.1 Å². The topological polar surface area (TPSA) is 77.1 Å². The minimum absolute atomic E-state index is 0.0550. The highest BCUT2D eigenvalue weighted by atomic mass is 35.5. The number of hydrogen-bond donors (Lipinski definition) is 1. The monoisotopic (exact) mass is 402 g/mol. The molecule has 7 nitrogen and oxygen atoms in total. The molecule has 2 heterocycles. The third-order valence-corrected chi connectivity index (χ3v) is 4.76. The molecular formula is C20H19ClN2O5. The van der Waals surface area contributed by atoms with E-state index in [1.54, 1.807) is 41.3 Å². The molecule has 1 atom stereocenters. The summed E-state index contributed by atoms with van der Waals surface area (Å²) in [6.45, 7) is 1.26. The maximum atomic E-state index is 12.4. The van der Waals surface area contributed by atoms with Gasteiger partial charge in [-0.05, 0) is 36.4 Å². The Bertz CT molecular complexity index is 887. The van der Waals surface area contributed by atoms with Gasteiger partial charge in [0.2, 0.25) is 5.91 Å². The fourth-order valence-electron chi connectivity index (χ4n) is 3.20. The van der Waals surface area contributed by atoms with Crippen molar-refractivity contribution < 1.29 is 23.8 Å². The predicted molar refractivity (Wildman–Crippen MR) is 103 cm³/mol. The molecule has 0 spiro atoms. The van der Waals surface area contributed by atoms with Crippen molar-refractivity contribution in [2.45, 2.75) is 12.5 Å². The molecule has 146 valence electrons. The van der Waals surface area contributed by atoms with Crippen molar-refractivity contribution in [1.29, 1.82) is 0 Å². The van der Waals surface area contributed by atoms with Gasteiger partial charge in [-0.15, -0.1) is 0 Å². The largest absolute Gasteiger partial charge is 0.486 e. The Hall–Kier alpha value is -2.93. The number of nitrogens with one attached hydrogen (secondary N) is 1. The number of carbonyl (C=O) groups is 2. The molecule has 0 aliphatic carbocycles. The summed E-state index contributed by atoms with van der Waals surface area (Å²) in [4.78, 5) is 26.2. The second-order valence-electron chi connectivity index (χ2n) is 6.54. The van der Waals surface area contributed by atoms with E-state index in [1.165, 1.54) is 0 Å². The summed E-state index contributed by atoms with van der Waals surface area (Å²) >= 11 is 5.82. The van der Waals surface area contributed by atoms with Crippen LogP contribution in [0.2, 0.25) is 5.02 Å². The first-order chi connectivity index (χ1) is 13.6. The van der Waals surface area contributed by atoms with E-state index in [-0.39, 0.29) is 30.9 Å². The average molecular weight is 403 g/mol. The van der Waals surface area contributed by atoms with E-state index >= 15 is 0 Å². The van der Waals surface area contributed by atoms with Crippen LogP contribution in [0, 0.1) is 0 Å². The molecule has 2 aliphatic heterocycles. The molecule has 8 heteroatoms. The molecule has 0 bridgehead atoms. The van der Waals surface area contributed by atoms with Crippen LogP contribution >= 0.6 is 11.6 Å². The second kappa shape index (κ2) is 7.98. The number of amides is 2. The number of hydrogen-bond acceptors (Lipinski definition) is 5. The Morgan fingerprint density at radius 2 is 1.89 bits per heavy atom. The van der Waals surface area contributed by atoms with Gasteiger partial charge in [0.1, 0.15) is 19.0 Å². The van der Waals surface area contributed by atoms with Crippen LogP contribution in [0.4, 0.5) is 5.69 Å². The summed E-state index contributed by atoms with van der Waals surface area (Å²) in [5, 5.41) is 3.44. The highest BCUT2D eigenvalue weighted by Gasteiger charge is 2.32. The number of benzene rings is 2. The van der Waals surface area contributed by atoms with Crippen molar-refractivity contribution in [3.63, 3.8) is 0 Å². The Morgan fingerprint density at radius 3 is 2.68 bits per heavy atom. The van der Waals surface area contributed by atoms with Gasteiger partial charge in [-0.25, -0.2) is 0 Å². The molecule has 2 aliphatic rings. The van der Waals surface area contributed by atoms with Crippen molar-refractivity contribution in [3.8, 4) is 17.2 Å². The summed E-state index contributed by atoms with van der Waals surface area (Å²) in [6.07, 6.45) is 0.237. The Kier molecular flexibility index (Phi) is 5.25. The quantitative estimate of drug-likeness (QED) is 0.831. The van der Waals surface area contributed by atoms with E-state index in [0.29, 0.717) is 42.0 Å². The zero-order valence-electron chi connectivity index (χ0n) is 15.0. The lowest BCUT2D eigenvalue weighted by Gasteiger charge is -2.22. The van der Waals surface area contributed by atoms with Gasteiger partial charge in [-0.2, -0.15) is 0 Å². The lowest BCUT2D eigenvalue weighted by Crippen LogP contribution is -2.39. The minimum Gasteiger partial charge on any atom is -0.486 e. The molecular weight excluding hydrogens is 384 g/mol. The van der Waals surface area contributed by atoms with Gasteiger partial charge < -0.3 is 24.4 Å². The van der Waals surface area contributed by atoms with Gasteiger partial charge >= 0.3 is 0 Å². The van der Waals surface area contributed by atoms with E-state index in [9.17, 15) is 9.59 Å². The van der Waals surface area contributed by atoms with Gasteiger partial charge in [0, 0.05) is 29.7 Å². The van der Waals surface area contributed by atoms with E-state index in [2.05, 4.69) is 5.32 Å². The maximum absolute atomic E-state index is 12.4. The molecule has 4 rings (SSSR count). The van der Waals surface area contributed by atoms with Crippen molar-refractivity contribution in [2.75, 3.05) is 31.3 Å². The van der Waals surface area contributed by atoms with Crippen LogP contribution < -0.4 is 24.4 Å². The third-order valence-electron chi connectivity index (χ3n) is 4.51. The van der Waals surface area contributed by atoms with Crippen molar-refractivity contribution in [1.82, 2.24) is 5.32 Å². The number of rotatable bonds is 5. The second-order valence-corrected chi connectivity index (χ2v) is 6.98. The molecule has 2 amide bonds. The van der Waals surface area contributed by atoms with Crippen molar-refractivity contribution >= 4 is 29.1 Å². The molecule has 2 aromatic carbocycles. The van der Waals surface area contributed by atoms with Gasteiger partial charge in [-0.3, -0.25) is 9.59 Å². The van der Waals surface area contributed by atoms with Crippen LogP contribution in [-0.2, 0) is 9.59 Å².